The SMILES string of the molecule is CCOCCS(=O)(=O)N1CCCC(C(=O)NCCN)C1.Cl. The van der Waals surface area contributed by atoms with Crippen molar-refractivity contribution in [1.29, 1.82) is 0 Å². The van der Waals surface area contributed by atoms with Crippen molar-refractivity contribution >= 4 is 28.3 Å². The number of rotatable bonds is 8. The summed E-state index contributed by atoms with van der Waals surface area (Å²) < 4.78 is 30.8. The number of carbonyl (C=O) groups is 1. The zero-order valence-corrected chi connectivity index (χ0v) is 14.0. The molecule has 0 bridgehead atoms. The van der Waals surface area contributed by atoms with Crippen molar-refractivity contribution < 1.29 is 17.9 Å². The molecular weight excluding hydrogens is 318 g/mol. The van der Waals surface area contributed by atoms with E-state index in [4.69, 9.17) is 10.5 Å². The fourth-order valence-electron chi connectivity index (χ4n) is 2.19. The molecule has 0 aromatic carbocycles. The minimum absolute atomic E-state index is 0. The molecule has 1 heterocycles. The van der Waals surface area contributed by atoms with Crippen LogP contribution in [-0.2, 0) is 19.6 Å². The molecular formula is C12H26ClN3O4S. The second-order valence-electron chi connectivity index (χ2n) is 4.79. The first-order valence-electron chi connectivity index (χ1n) is 7.04. The number of ether oxygens (including phenoxy) is 1. The van der Waals surface area contributed by atoms with Crippen LogP contribution in [0.1, 0.15) is 19.8 Å². The molecule has 21 heavy (non-hydrogen) atoms. The van der Waals surface area contributed by atoms with Crippen LogP contribution in [0.15, 0.2) is 0 Å². The summed E-state index contributed by atoms with van der Waals surface area (Å²) in [5.41, 5.74) is 5.34. The van der Waals surface area contributed by atoms with E-state index in [1.165, 1.54) is 4.31 Å². The van der Waals surface area contributed by atoms with Crippen LogP contribution in [0.4, 0.5) is 0 Å². The highest BCUT2D eigenvalue weighted by Crippen LogP contribution is 2.19. The maximum absolute atomic E-state index is 12.1. The Balaban J connectivity index is 0.00000400. The molecule has 1 saturated heterocycles. The van der Waals surface area contributed by atoms with E-state index in [9.17, 15) is 13.2 Å². The molecule has 0 spiro atoms. The van der Waals surface area contributed by atoms with Gasteiger partial charge >= 0.3 is 0 Å². The quantitative estimate of drug-likeness (QED) is 0.582. The lowest BCUT2D eigenvalue weighted by Gasteiger charge is -2.31. The number of nitrogens with zero attached hydrogens (tertiary/aromatic N) is 1. The number of hydrogen-bond donors (Lipinski definition) is 2. The molecule has 0 aliphatic carbocycles. The third kappa shape index (κ3) is 6.92. The van der Waals surface area contributed by atoms with E-state index in [1.54, 1.807) is 0 Å². The summed E-state index contributed by atoms with van der Waals surface area (Å²) in [7, 11) is -3.34. The summed E-state index contributed by atoms with van der Waals surface area (Å²) in [6.45, 7) is 4.06. The number of piperidine rings is 1. The minimum atomic E-state index is -3.34. The Morgan fingerprint density at radius 3 is 2.81 bits per heavy atom. The largest absolute Gasteiger partial charge is 0.381 e. The van der Waals surface area contributed by atoms with Crippen LogP contribution >= 0.6 is 12.4 Å². The van der Waals surface area contributed by atoms with Crippen molar-refractivity contribution in [3.8, 4) is 0 Å². The Morgan fingerprint density at radius 1 is 1.48 bits per heavy atom. The highest BCUT2D eigenvalue weighted by Gasteiger charge is 2.31. The lowest BCUT2D eigenvalue weighted by Crippen LogP contribution is -2.47. The van der Waals surface area contributed by atoms with Gasteiger partial charge in [-0.25, -0.2) is 12.7 Å². The number of carbonyl (C=O) groups excluding carboxylic acids is 1. The molecule has 0 aromatic heterocycles. The standard InChI is InChI=1S/C12H25N3O4S.ClH/c1-2-19-8-9-20(17,18)15-7-3-4-11(10-15)12(16)14-6-5-13;/h11H,2-10,13H2,1H3,(H,14,16);1H. The van der Waals surface area contributed by atoms with Gasteiger partial charge in [0.25, 0.3) is 0 Å². The number of halogens is 1. The van der Waals surface area contributed by atoms with Gasteiger partial charge in [0, 0.05) is 32.8 Å². The Labute approximate surface area is 133 Å². The first kappa shape index (κ1) is 20.6. The summed E-state index contributed by atoms with van der Waals surface area (Å²) in [5.74, 6) is -0.421. The van der Waals surface area contributed by atoms with Crippen molar-refractivity contribution in [2.24, 2.45) is 11.7 Å². The van der Waals surface area contributed by atoms with Gasteiger partial charge in [-0.05, 0) is 19.8 Å². The molecule has 0 saturated carbocycles. The van der Waals surface area contributed by atoms with Gasteiger partial charge in [0.05, 0.1) is 18.3 Å². The Kier molecular flexibility index (Phi) is 10.1. The third-order valence-electron chi connectivity index (χ3n) is 3.28. The molecule has 1 fully saturated rings. The maximum Gasteiger partial charge on any atom is 0.224 e. The summed E-state index contributed by atoms with van der Waals surface area (Å²) in [4.78, 5) is 11.9. The average Bonchev–Trinajstić information content (AvgIpc) is 2.45. The molecule has 1 rings (SSSR count). The molecule has 0 aromatic rings. The lowest BCUT2D eigenvalue weighted by molar-refractivity contribution is -0.126. The molecule has 1 aliphatic rings. The number of nitrogens with one attached hydrogen (secondary N) is 1. The first-order valence-corrected chi connectivity index (χ1v) is 8.65. The first-order chi connectivity index (χ1) is 9.51. The summed E-state index contributed by atoms with van der Waals surface area (Å²) in [6.07, 6.45) is 1.42. The van der Waals surface area contributed by atoms with Gasteiger partial charge in [-0.15, -0.1) is 12.4 Å². The molecule has 1 aliphatic heterocycles. The monoisotopic (exact) mass is 343 g/mol. The van der Waals surface area contributed by atoms with Crippen molar-refractivity contribution in [1.82, 2.24) is 9.62 Å². The summed E-state index contributed by atoms with van der Waals surface area (Å²) >= 11 is 0. The maximum atomic E-state index is 12.1. The van der Waals surface area contributed by atoms with Crippen molar-refractivity contribution in [3.05, 3.63) is 0 Å². The summed E-state index contributed by atoms with van der Waals surface area (Å²) in [5, 5.41) is 2.72. The third-order valence-corrected chi connectivity index (χ3v) is 5.08. The predicted octanol–water partition coefficient (Wildman–Crippen LogP) is -0.439. The van der Waals surface area contributed by atoms with E-state index in [0.717, 1.165) is 0 Å². The highest BCUT2D eigenvalue weighted by molar-refractivity contribution is 7.89. The smallest absolute Gasteiger partial charge is 0.224 e. The van der Waals surface area contributed by atoms with Crippen LogP contribution in [0.3, 0.4) is 0 Å². The van der Waals surface area contributed by atoms with Crippen LogP contribution in [-0.4, -0.2) is 63.8 Å². The fourth-order valence-corrected chi connectivity index (χ4v) is 3.59. The van der Waals surface area contributed by atoms with Crippen LogP contribution in [0, 0.1) is 5.92 Å². The average molecular weight is 344 g/mol. The molecule has 1 unspecified atom stereocenters. The van der Waals surface area contributed by atoms with Gasteiger partial charge in [0.15, 0.2) is 0 Å². The zero-order valence-electron chi connectivity index (χ0n) is 12.4. The molecule has 1 atom stereocenters. The van der Waals surface area contributed by atoms with Gasteiger partial charge in [-0.2, -0.15) is 0 Å². The van der Waals surface area contributed by atoms with E-state index in [2.05, 4.69) is 5.32 Å². The number of sulfonamides is 1. The van der Waals surface area contributed by atoms with Gasteiger partial charge < -0.3 is 15.8 Å². The van der Waals surface area contributed by atoms with Gasteiger partial charge in [0.2, 0.25) is 15.9 Å². The van der Waals surface area contributed by atoms with Crippen molar-refractivity contribution in [2.75, 3.05) is 45.1 Å². The molecule has 0 radical (unpaired) electrons. The summed E-state index contributed by atoms with van der Waals surface area (Å²) in [6, 6.07) is 0. The molecule has 1 amide bonds. The Hall–Kier alpha value is -0.410. The van der Waals surface area contributed by atoms with E-state index < -0.39 is 10.0 Å². The second kappa shape index (κ2) is 10.3. The zero-order chi connectivity index (χ0) is 15.0. The van der Waals surface area contributed by atoms with Crippen LogP contribution in [0.2, 0.25) is 0 Å². The topological polar surface area (TPSA) is 102 Å². The Morgan fingerprint density at radius 2 is 2.19 bits per heavy atom. The van der Waals surface area contributed by atoms with Gasteiger partial charge in [-0.1, -0.05) is 0 Å². The second-order valence-corrected chi connectivity index (χ2v) is 6.88. The van der Waals surface area contributed by atoms with E-state index in [-0.39, 0.29) is 43.1 Å². The van der Waals surface area contributed by atoms with Crippen LogP contribution in [0.25, 0.3) is 0 Å². The molecule has 7 nitrogen and oxygen atoms in total. The number of amides is 1. The van der Waals surface area contributed by atoms with E-state index in [1.807, 2.05) is 6.92 Å². The van der Waals surface area contributed by atoms with Gasteiger partial charge in [-0.3, -0.25) is 4.79 Å². The van der Waals surface area contributed by atoms with Crippen LogP contribution < -0.4 is 11.1 Å². The van der Waals surface area contributed by atoms with E-state index >= 15 is 0 Å². The van der Waals surface area contributed by atoms with Crippen molar-refractivity contribution in [2.45, 2.75) is 19.8 Å². The molecule has 3 N–H and O–H groups in total. The normalized spacial score (nSPS) is 19.8. The lowest BCUT2D eigenvalue weighted by atomic mass is 9.99. The van der Waals surface area contributed by atoms with Gasteiger partial charge in [0.1, 0.15) is 0 Å². The number of nitrogens with two attached hydrogens (primary N) is 1. The molecule has 126 valence electrons. The van der Waals surface area contributed by atoms with Crippen LogP contribution in [0.5, 0.6) is 0 Å². The highest BCUT2D eigenvalue weighted by atomic mass is 35.5. The van der Waals surface area contributed by atoms with Crippen molar-refractivity contribution in [3.63, 3.8) is 0 Å². The Bertz CT molecular complexity index is 405. The molecule has 9 heteroatoms. The number of hydrogen-bond acceptors (Lipinski definition) is 5. The predicted molar refractivity (Wildman–Crippen MR) is 83.9 cm³/mol. The fraction of sp³-hybridized carbons (Fsp3) is 0.917. The van der Waals surface area contributed by atoms with E-state index in [0.29, 0.717) is 39.1 Å². The minimum Gasteiger partial charge on any atom is -0.381 e.